The van der Waals surface area contributed by atoms with Crippen LogP contribution in [-0.4, -0.2) is 11.4 Å². The number of phenolic OH excluding ortho intramolecular Hbond substituents is 1. The zero-order chi connectivity index (χ0) is 8.55. The summed E-state index contributed by atoms with van der Waals surface area (Å²) in [6.07, 6.45) is 2.10. The molecule has 0 fully saturated rings. The van der Waals surface area contributed by atoms with Crippen LogP contribution in [0.1, 0.15) is 10.6 Å². The Morgan fingerprint density at radius 1 is 1.42 bits per heavy atom. The van der Waals surface area contributed by atoms with Gasteiger partial charge in [-0.05, 0) is 18.2 Å². The molecule has 0 aliphatic rings. The summed E-state index contributed by atoms with van der Waals surface area (Å²) in [5.74, 6) is 0.464. The van der Waals surface area contributed by atoms with Crippen LogP contribution in [0.25, 0.3) is 10.8 Å². The summed E-state index contributed by atoms with van der Waals surface area (Å²) in [5, 5.41) is 10.5. The molecule has 2 rings (SSSR count). The third-order valence-electron chi connectivity index (χ3n) is 1.72. The second-order valence-electron chi connectivity index (χ2n) is 2.49. The number of aldehydes is 1. The van der Waals surface area contributed by atoms with Gasteiger partial charge in [-0.1, -0.05) is 0 Å². The monoisotopic (exact) mass is 162 g/mol. The van der Waals surface area contributed by atoms with Gasteiger partial charge >= 0.3 is 0 Å². The van der Waals surface area contributed by atoms with Gasteiger partial charge in [0, 0.05) is 10.8 Å². The van der Waals surface area contributed by atoms with Crippen LogP contribution < -0.4 is 0 Å². The first kappa shape index (κ1) is 6.91. The molecule has 1 N–H and O–H groups in total. The molecule has 2 aromatic rings. The number of furan rings is 1. The van der Waals surface area contributed by atoms with E-state index in [1.165, 1.54) is 12.3 Å². The van der Waals surface area contributed by atoms with Gasteiger partial charge in [0.1, 0.15) is 5.75 Å². The molecule has 0 spiro atoms. The number of hydrogen-bond acceptors (Lipinski definition) is 3. The lowest BCUT2D eigenvalue weighted by atomic mass is 10.2. The summed E-state index contributed by atoms with van der Waals surface area (Å²) in [6.45, 7) is 0. The number of rotatable bonds is 1. The van der Waals surface area contributed by atoms with E-state index in [4.69, 9.17) is 9.52 Å². The lowest BCUT2D eigenvalue weighted by Crippen LogP contribution is -1.73. The fourth-order valence-corrected chi connectivity index (χ4v) is 1.15. The summed E-state index contributed by atoms with van der Waals surface area (Å²) < 4.78 is 4.94. The van der Waals surface area contributed by atoms with Crippen molar-refractivity contribution in [1.82, 2.24) is 0 Å². The highest BCUT2D eigenvalue weighted by molar-refractivity contribution is 5.96. The van der Waals surface area contributed by atoms with Gasteiger partial charge in [-0.15, -0.1) is 0 Å². The van der Waals surface area contributed by atoms with Gasteiger partial charge in [0.25, 0.3) is 0 Å². The van der Waals surface area contributed by atoms with Crippen molar-refractivity contribution in [3.8, 4) is 5.75 Å². The molecule has 60 valence electrons. The molecular formula is C9H6O3. The SMILES string of the molecule is O=Cc1occ2cc(O)ccc12. The number of fused-ring (bicyclic) bond motifs is 1. The molecule has 0 bridgehead atoms. The van der Waals surface area contributed by atoms with Crippen LogP contribution in [0.5, 0.6) is 5.75 Å². The lowest BCUT2D eigenvalue weighted by Gasteiger charge is -1.89. The van der Waals surface area contributed by atoms with Crippen molar-refractivity contribution in [2.75, 3.05) is 0 Å². The van der Waals surface area contributed by atoms with E-state index in [1.54, 1.807) is 12.1 Å². The normalized spacial score (nSPS) is 10.3. The minimum Gasteiger partial charge on any atom is -0.508 e. The fraction of sp³-hybridized carbons (Fsp3) is 0. The van der Waals surface area contributed by atoms with Crippen molar-refractivity contribution in [3.05, 3.63) is 30.2 Å². The number of hydrogen-bond donors (Lipinski definition) is 1. The zero-order valence-corrected chi connectivity index (χ0v) is 6.15. The van der Waals surface area contributed by atoms with Crippen molar-refractivity contribution in [3.63, 3.8) is 0 Å². The average molecular weight is 162 g/mol. The van der Waals surface area contributed by atoms with E-state index in [2.05, 4.69) is 0 Å². The van der Waals surface area contributed by atoms with Gasteiger partial charge in [0.05, 0.1) is 6.26 Å². The third-order valence-corrected chi connectivity index (χ3v) is 1.72. The molecule has 0 unspecified atom stereocenters. The maximum atomic E-state index is 10.4. The Labute approximate surface area is 68.2 Å². The molecule has 1 heterocycles. The highest BCUT2D eigenvalue weighted by atomic mass is 16.3. The number of aromatic hydroxyl groups is 1. The van der Waals surface area contributed by atoms with E-state index in [0.29, 0.717) is 12.0 Å². The fourth-order valence-electron chi connectivity index (χ4n) is 1.15. The van der Waals surface area contributed by atoms with Crippen molar-refractivity contribution >= 4 is 17.1 Å². The van der Waals surface area contributed by atoms with Crippen LogP contribution in [0.15, 0.2) is 28.9 Å². The van der Waals surface area contributed by atoms with Crippen LogP contribution in [0, 0.1) is 0 Å². The van der Waals surface area contributed by atoms with E-state index in [9.17, 15) is 4.79 Å². The standard InChI is InChI=1S/C9H6O3/c10-4-9-8-2-1-7(11)3-6(8)5-12-9/h1-5,11H. The Morgan fingerprint density at radius 3 is 3.00 bits per heavy atom. The minimum absolute atomic E-state index is 0.167. The Bertz CT molecular complexity index is 428. The van der Waals surface area contributed by atoms with E-state index in [0.717, 1.165) is 10.8 Å². The minimum atomic E-state index is 0.167. The maximum absolute atomic E-state index is 10.4. The number of benzene rings is 1. The van der Waals surface area contributed by atoms with E-state index in [1.807, 2.05) is 0 Å². The van der Waals surface area contributed by atoms with Gasteiger partial charge in [-0.2, -0.15) is 0 Å². The number of carbonyl (C=O) groups excluding carboxylic acids is 1. The van der Waals surface area contributed by atoms with Gasteiger partial charge in [0.15, 0.2) is 12.0 Å². The zero-order valence-electron chi connectivity index (χ0n) is 6.15. The summed E-state index contributed by atoms with van der Waals surface area (Å²) in [4.78, 5) is 10.4. The first-order valence-electron chi connectivity index (χ1n) is 3.46. The molecule has 0 aliphatic carbocycles. The number of carbonyl (C=O) groups is 1. The first-order chi connectivity index (χ1) is 5.81. The molecule has 1 aromatic heterocycles. The van der Waals surface area contributed by atoms with Crippen molar-refractivity contribution in [1.29, 1.82) is 0 Å². The number of phenols is 1. The molecule has 0 saturated heterocycles. The molecule has 0 amide bonds. The average Bonchev–Trinajstić information content (AvgIpc) is 2.46. The second kappa shape index (κ2) is 2.37. The van der Waals surface area contributed by atoms with Crippen LogP contribution in [0.4, 0.5) is 0 Å². The smallest absolute Gasteiger partial charge is 0.185 e. The van der Waals surface area contributed by atoms with E-state index in [-0.39, 0.29) is 5.75 Å². The quantitative estimate of drug-likeness (QED) is 0.652. The lowest BCUT2D eigenvalue weighted by molar-refractivity contribution is 0.110. The molecule has 0 saturated carbocycles. The maximum Gasteiger partial charge on any atom is 0.185 e. The van der Waals surface area contributed by atoms with Gasteiger partial charge in [-0.25, -0.2) is 0 Å². The van der Waals surface area contributed by atoms with E-state index >= 15 is 0 Å². The molecule has 1 aromatic carbocycles. The van der Waals surface area contributed by atoms with Crippen molar-refractivity contribution in [2.24, 2.45) is 0 Å². The Kier molecular flexibility index (Phi) is 1.37. The Balaban J connectivity index is 2.81. The summed E-state index contributed by atoms with van der Waals surface area (Å²) in [7, 11) is 0. The highest BCUT2D eigenvalue weighted by Gasteiger charge is 2.04. The van der Waals surface area contributed by atoms with Crippen molar-refractivity contribution in [2.45, 2.75) is 0 Å². The second-order valence-corrected chi connectivity index (χ2v) is 2.49. The molecule has 0 radical (unpaired) electrons. The molecule has 0 aliphatic heterocycles. The predicted octanol–water partition coefficient (Wildman–Crippen LogP) is 1.95. The molecule has 3 nitrogen and oxygen atoms in total. The Hall–Kier alpha value is -1.77. The van der Waals surface area contributed by atoms with Crippen molar-refractivity contribution < 1.29 is 14.3 Å². The molecule has 3 heteroatoms. The molecular weight excluding hydrogens is 156 g/mol. The van der Waals surface area contributed by atoms with E-state index < -0.39 is 0 Å². The molecule has 12 heavy (non-hydrogen) atoms. The van der Waals surface area contributed by atoms with Gasteiger partial charge in [0.2, 0.25) is 0 Å². The topological polar surface area (TPSA) is 50.4 Å². The van der Waals surface area contributed by atoms with Crippen LogP contribution in [0.2, 0.25) is 0 Å². The van der Waals surface area contributed by atoms with Crippen LogP contribution in [0.3, 0.4) is 0 Å². The Morgan fingerprint density at radius 2 is 2.25 bits per heavy atom. The van der Waals surface area contributed by atoms with Crippen LogP contribution in [-0.2, 0) is 0 Å². The third kappa shape index (κ3) is 0.871. The van der Waals surface area contributed by atoms with Crippen LogP contribution >= 0.6 is 0 Å². The largest absolute Gasteiger partial charge is 0.508 e. The predicted molar refractivity (Wildman–Crippen MR) is 43.3 cm³/mol. The summed E-state index contributed by atoms with van der Waals surface area (Å²) in [5.41, 5.74) is 0. The molecule has 0 atom stereocenters. The summed E-state index contributed by atoms with van der Waals surface area (Å²) in [6, 6.07) is 4.72. The van der Waals surface area contributed by atoms with Gasteiger partial charge < -0.3 is 9.52 Å². The first-order valence-corrected chi connectivity index (χ1v) is 3.46. The highest BCUT2D eigenvalue weighted by Crippen LogP contribution is 2.23. The summed E-state index contributed by atoms with van der Waals surface area (Å²) >= 11 is 0. The van der Waals surface area contributed by atoms with Gasteiger partial charge in [-0.3, -0.25) is 4.79 Å².